The van der Waals surface area contributed by atoms with Gasteiger partial charge in [0.25, 0.3) is 0 Å². The molecule has 0 bridgehead atoms. The van der Waals surface area contributed by atoms with Gasteiger partial charge < -0.3 is 28.8 Å². The summed E-state index contributed by atoms with van der Waals surface area (Å²) in [5.41, 5.74) is -0.216. The third-order valence-electron chi connectivity index (χ3n) is 7.90. The van der Waals surface area contributed by atoms with E-state index < -0.39 is 58.9 Å². The lowest BCUT2D eigenvalue weighted by atomic mass is 9.89. The highest BCUT2D eigenvalue weighted by molar-refractivity contribution is 6.27. The lowest BCUT2D eigenvalue weighted by Crippen LogP contribution is -2.49. The molecule has 59 heavy (non-hydrogen) atoms. The van der Waals surface area contributed by atoms with Gasteiger partial charge in [0.05, 0.1) is 30.9 Å². The highest BCUT2D eigenvalue weighted by Gasteiger charge is 2.42. The number of nitrogens with zero attached hydrogens (tertiary/aromatic N) is 2. The number of rotatable bonds is 12. The van der Waals surface area contributed by atoms with E-state index in [9.17, 15) is 38.4 Å². The van der Waals surface area contributed by atoms with Gasteiger partial charge in [0.15, 0.2) is 5.78 Å². The van der Waals surface area contributed by atoms with E-state index in [-0.39, 0.29) is 63.3 Å². The quantitative estimate of drug-likeness (QED) is 0.150. The first-order valence-electron chi connectivity index (χ1n) is 19.0. The summed E-state index contributed by atoms with van der Waals surface area (Å²) in [4.78, 5) is 95.8. The summed E-state index contributed by atoms with van der Waals surface area (Å²) >= 11 is 4.99. The van der Waals surface area contributed by atoms with Crippen molar-refractivity contribution >= 4 is 59.0 Å². The van der Waals surface area contributed by atoms with Gasteiger partial charge in [-0.2, -0.15) is 9.80 Å². The molecule has 17 heteroatoms. The fourth-order valence-corrected chi connectivity index (χ4v) is 5.37. The molecule has 0 saturated carbocycles. The molecule has 0 aromatic heterocycles. The minimum absolute atomic E-state index is 0.0201. The maximum atomic E-state index is 12.8. The van der Waals surface area contributed by atoms with Crippen LogP contribution in [0.15, 0.2) is 48.5 Å². The Bertz CT molecular complexity index is 1780. The Labute approximate surface area is 349 Å². The Morgan fingerprint density at radius 2 is 1.02 bits per heavy atom. The maximum absolute atomic E-state index is 12.8. The number of aliphatic hydroxyl groups excluding tert-OH is 1. The third kappa shape index (κ3) is 17.3. The number of halogens is 1. The fraction of sp³-hybridized carbons (Fsp3) is 0.524. The highest BCUT2D eigenvalue weighted by atomic mass is 35.5. The van der Waals surface area contributed by atoms with Crippen LogP contribution in [0, 0.1) is 0 Å². The molecular weight excluding hydrogens is 792 g/mol. The molecule has 2 unspecified atom stereocenters. The van der Waals surface area contributed by atoms with Gasteiger partial charge in [-0.1, -0.05) is 24.3 Å². The van der Waals surface area contributed by atoms with E-state index in [1.54, 1.807) is 90.1 Å². The van der Waals surface area contributed by atoms with Crippen LogP contribution in [0.4, 0.5) is 9.59 Å². The SMILES string of the molecule is CC(=O)CCl.CC(=O)COCCOc1ccc(C2CCC(=O)N(C(=O)OC(C)(C)C)C2=O)cc1.CC(C)(C)OC(=O)N1C(=O)CCC(c2ccc(OCCO)cc2)C1=O. The first-order chi connectivity index (χ1) is 27.6. The summed E-state index contributed by atoms with van der Waals surface area (Å²) < 4.78 is 26.3. The zero-order valence-corrected chi connectivity index (χ0v) is 35.6. The van der Waals surface area contributed by atoms with E-state index in [4.69, 9.17) is 40.4 Å². The van der Waals surface area contributed by atoms with Crippen molar-refractivity contribution < 1.29 is 67.1 Å². The molecule has 2 aliphatic rings. The zero-order chi connectivity index (χ0) is 44.5. The summed E-state index contributed by atoms with van der Waals surface area (Å²) in [7, 11) is 0. The average Bonchev–Trinajstić information content (AvgIpc) is 3.13. The van der Waals surface area contributed by atoms with Crippen molar-refractivity contribution in [3.63, 3.8) is 0 Å². The number of hydrogen-bond acceptors (Lipinski definition) is 14. The van der Waals surface area contributed by atoms with E-state index in [2.05, 4.69) is 0 Å². The second kappa shape index (κ2) is 23.4. The smallest absolute Gasteiger partial charge is 0.424 e. The molecule has 16 nitrogen and oxygen atoms in total. The van der Waals surface area contributed by atoms with E-state index >= 15 is 0 Å². The van der Waals surface area contributed by atoms with Gasteiger partial charge >= 0.3 is 12.2 Å². The molecule has 2 aromatic rings. The number of Topliss-reactive ketones (excluding diaryl/α,β-unsaturated/α-hetero) is 2. The fourth-order valence-electron chi connectivity index (χ4n) is 5.37. The summed E-state index contributed by atoms with van der Waals surface area (Å²) in [6.07, 6.45) is -1.03. The molecule has 6 amide bonds. The molecule has 4 rings (SSSR count). The number of aliphatic hydroxyl groups is 1. The van der Waals surface area contributed by atoms with E-state index in [0.717, 1.165) is 0 Å². The van der Waals surface area contributed by atoms with Gasteiger partial charge in [0.2, 0.25) is 23.6 Å². The van der Waals surface area contributed by atoms with Crippen LogP contribution in [-0.4, -0.2) is 112 Å². The molecule has 1 N–H and O–H groups in total. The van der Waals surface area contributed by atoms with Crippen molar-refractivity contribution in [1.29, 1.82) is 0 Å². The van der Waals surface area contributed by atoms with Crippen LogP contribution in [0.3, 0.4) is 0 Å². The Kier molecular flexibility index (Phi) is 19.8. The first-order valence-corrected chi connectivity index (χ1v) is 19.5. The molecule has 2 heterocycles. The van der Waals surface area contributed by atoms with Gasteiger partial charge in [0, 0.05) is 12.8 Å². The lowest BCUT2D eigenvalue weighted by molar-refractivity contribution is -0.149. The lowest BCUT2D eigenvalue weighted by Gasteiger charge is -2.31. The van der Waals surface area contributed by atoms with E-state index in [1.165, 1.54) is 13.8 Å². The van der Waals surface area contributed by atoms with Crippen LogP contribution in [-0.2, 0) is 43.0 Å². The van der Waals surface area contributed by atoms with E-state index in [1.807, 2.05) is 0 Å². The van der Waals surface area contributed by atoms with Gasteiger partial charge in [0.1, 0.15) is 48.3 Å². The van der Waals surface area contributed by atoms with Crippen molar-refractivity contribution in [1.82, 2.24) is 9.80 Å². The number of ether oxygens (including phenoxy) is 5. The number of ketones is 2. The molecule has 2 atom stereocenters. The predicted octanol–water partition coefficient (Wildman–Crippen LogP) is 5.88. The van der Waals surface area contributed by atoms with Crippen molar-refractivity contribution in [2.24, 2.45) is 0 Å². The zero-order valence-electron chi connectivity index (χ0n) is 34.9. The molecule has 0 radical (unpaired) electrons. The number of benzene rings is 2. The number of imide groups is 6. The van der Waals surface area contributed by atoms with Gasteiger partial charge in [-0.05, 0) is 104 Å². The van der Waals surface area contributed by atoms with Crippen molar-refractivity contribution in [3.8, 4) is 11.5 Å². The van der Waals surface area contributed by atoms with Crippen molar-refractivity contribution in [2.75, 3.05) is 38.9 Å². The van der Waals surface area contributed by atoms with Crippen LogP contribution in [0.2, 0.25) is 0 Å². The number of likely N-dealkylation sites (tertiary alicyclic amines) is 2. The highest BCUT2D eigenvalue weighted by Crippen LogP contribution is 2.32. The monoisotopic (exact) mass is 846 g/mol. The normalized spacial score (nSPS) is 16.8. The van der Waals surface area contributed by atoms with Crippen LogP contribution in [0.5, 0.6) is 11.5 Å². The molecule has 2 fully saturated rings. The molecule has 2 aromatic carbocycles. The molecular formula is C42H55ClN2O14. The van der Waals surface area contributed by atoms with Crippen LogP contribution < -0.4 is 9.47 Å². The van der Waals surface area contributed by atoms with Gasteiger partial charge in [-0.15, -0.1) is 11.6 Å². The molecule has 0 spiro atoms. The first kappa shape index (κ1) is 50.0. The Morgan fingerprint density at radius 1 is 0.644 bits per heavy atom. The number of hydrogen-bond donors (Lipinski definition) is 1. The second-order valence-corrected chi connectivity index (χ2v) is 15.7. The Balaban J connectivity index is 0.000000368. The number of alkyl halides is 1. The predicted molar refractivity (Wildman–Crippen MR) is 214 cm³/mol. The average molecular weight is 847 g/mol. The second-order valence-electron chi connectivity index (χ2n) is 15.4. The number of piperidine rings is 2. The molecule has 0 aliphatic carbocycles. The van der Waals surface area contributed by atoms with Gasteiger partial charge in [-0.3, -0.25) is 28.8 Å². The van der Waals surface area contributed by atoms with Crippen molar-refractivity contribution in [3.05, 3.63) is 59.7 Å². The summed E-state index contributed by atoms with van der Waals surface area (Å²) in [5.74, 6) is -2.17. The van der Waals surface area contributed by atoms with E-state index in [0.29, 0.717) is 45.3 Å². The molecule has 2 aliphatic heterocycles. The Morgan fingerprint density at radius 3 is 1.34 bits per heavy atom. The largest absolute Gasteiger partial charge is 0.491 e. The van der Waals surface area contributed by atoms with Gasteiger partial charge in [-0.25, -0.2) is 9.59 Å². The summed E-state index contributed by atoms with van der Waals surface area (Å²) in [6, 6.07) is 13.7. The topological polar surface area (TPSA) is 209 Å². The number of carbonyl (C=O) groups excluding carboxylic acids is 8. The molecule has 2 saturated heterocycles. The summed E-state index contributed by atoms with van der Waals surface area (Å²) in [5, 5.41) is 8.76. The Hall–Kier alpha value is -5.19. The number of amides is 6. The molecule has 324 valence electrons. The van der Waals surface area contributed by atoms with Crippen molar-refractivity contribution in [2.45, 2.75) is 104 Å². The number of carbonyl (C=O) groups is 8. The van der Waals surface area contributed by atoms with Crippen LogP contribution in [0.1, 0.15) is 104 Å². The third-order valence-corrected chi connectivity index (χ3v) is 8.27. The maximum Gasteiger partial charge on any atom is 0.424 e. The minimum atomic E-state index is -0.942. The standard InChI is InChI=1S/C21H27NO7.C18H23NO6.C3H5ClO/c1-14(23)13-27-11-12-28-16-7-5-15(6-8-16)17-9-10-18(24)22(19(17)25)20(26)29-21(2,3)4;1-18(2,3)25-17(23)19-15(21)9-8-14(16(19)22)12-4-6-13(7-5-12)24-11-10-20;1-3(5)2-4/h5-8,17H,9-13H2,1-4H3;4-7,14,20H,8-11H2,1-3H3;2H2,1H3. The van der Waals surface area contributed by atoms with Crippen LogP contribution in [0.25, 0.3) is 0 Å². The van der Waals surface area contributed by atoms with Crippen LogP contribution >= 0.6 is 11.6 Å². The minimum Gasteiger partial charge on any atom is -0.491 e. The summed E-state index contributed by atoms with van der Waals surface area (Å²) in [6.45, 7) is 13.7.